The Balaban J connectivity index is 1.65. The molecule has 1 saturated heterocycles. The molecule has 1 N–H and O–H groups in total. The van der Waals surface area contributed by atoms with Crippen molar-refractivity contribution in [2.75, 3.05) is 18.0 Å². The van der Waals surface area contributed by atoms with Crippen LogP contribution in [0.4, 0.5) is 5.82 Å². The highest BCUT2D eigenvalue weighted by Crippen LogP contribution is 2.30. The van der Waals surface area contributed by atoms with Gasteiger partial charge in [0.15, 0.2) is 0 Å². The van der Waals surface area contributed by atoms with Crippen molar-refractivity contribution in [3.63, 3.8) is 0 Å². The van der Waals surface area contributed by atoms with Gasteiger partial charge in [-0.25, -0.2) is 4.98 Å². The van der Waals surface area contributed by atoms with Crippen molar-refractivity contribution in [1.29, 1.82) is 0 Å². The molecule has 2 heterocycles. The Hall–Kier alpha value is -0.810. The fraction of sp³-hybridized carbons (Fsp3) is 0.538. The number of carbonyl (C=O) groups excluding carboxylic acids is 1. The Morgan fingerprint density at radius 3 is 2.95 bits per heavy atom. The van der Waals surface area contributed by atoms with Crippen molar-refractivity contribution >= 4 is 39.3 Å². The van der Waals surface area contributed by atoms with Crippen LogP contribution >= 0.6 is 27.5 Å². The highest BCUT2D eigenvalue weighted by Gasteiger charge is 2.33. The lowest BCUT2D eigenvalue weighted by Crippen LogP contribution is -2.34. The number of hydrogen-bond donors (Lipinski definition) is 1. The third kappa shape index (κ3) is 3.03. The molecule has 4 nitrogen and oxygen atoms in total. The van der Waals surface area contributed by atoms with E-state index in [4.69, 9.17) is 11.6 Å². The zero-order chi connectivity index (χ0) is 13.4. The number of amides is 1. The van der Waals surface area contributed by atoms with E-state index in [2.05, 4.69) is 31.1 Å². The van der Waals surface area contributed by atoms with Crippen molar-refractivity contribution in [1.82, 2.24) is 10.3 Å². The van der Waals surface area contributed by atoms with E-state index in [0.29, 0.717) is 17.6 Å². The summed E-state index contributed by atoms with van der Waals surface area (Å²) >= 11 is 9.54. The maximum Gasteiger partial charge on any atom is 0.225 e. The van der Waals surface area contributed by atoms with Gasteiger partial charge in [-0.3, -0.25) is 4.79 Å². The fourth-order valence-electron chi connectivity index (χ4n) is 2.35. The maximum absolute atomic E-state index is 12.0. The van der Waals surface area contributed by atoms with Gasteiger partial charge in [0.1, 0.15) is 5.82 Å². The summed E-state index contributed by atoms with van der Waals surface area (Å²) in [6.07, 6.45) is 4.86. The van der Waals surface area contributed by atoms with E-state index >= 15 is 0 Å². The molecule has 6 heteroatoms. The van der Waals surface area contributed by atoms with E-state index < -0.39 is 0 Å². The molecule has 2 fully saturated rings. The normalized spacial score (nSPS) is 22.6. The molecule has 1 aromatic heterocycles. The minimum absolute atomic E-state index is 0.0575. The quantitative estimate of drug-likeness (QED) is 0.917. The highest BCUT2D eigenvalue weighted by atomic mass is 79.9. The van der Waals surface area contributed by atoms with Crippen LogP contribution < -0.4 is 10.2 Å². The summed E-state index contributed by atoms with van der Waals surface area (Å²) < 4.78 is 0.864. The monoisotopic (exact) mass is 343 g/mol. The van der Waals surface area contributed by atoms with Gasteiger partial charge in [0.25, 0.3) is 0 Å². The number of carbonyl (C=O) groups is 1. The Kier molecular flexibility index (Phi) is 3.67. The van der Waals surface area contributed by atoms with Crippen LogP contribution in [0.3, 0.4) is 0 Å². The fourth-order valence-corrected chi connectivity index (χ4v) is 3.10. The zero-order valence-corrected chi connectivity index (χ0v) is 12.7. The molecule has 2 aliphatic rings. The summed E-state index contributed by atoms with van der Waals surface area (Å²) in [5.41, 5.74) is 0. The largest absolute Gasteiger partial charge is 0.355 e. The van der Waals surface area contributed by atoms with Crippen molar-refractivity contribution in [3.05, 3.63) is 21.8 Å². The average molecular weight is 345 g/mol. The summed E-state index contributed by atoms with van der Waals surface area (Å²) in [7, 11) is 0. The molecule has 0 spiro atoms. The van der Waals surface area contributed by atoms with Crippen molar-refractivity contribution in [2.45, 2.75) is 25.3 Å². The van der Waals surface area contributed by atoms with Gasteiger partial charge in [-0.15, -0.1) is 0 Å². The minimum Gasteiger partial charge on any atom is -0.355 e. The highest BCUT2D eigenvalue weighted by molar-refractivity contribution is 9.10. The van der Waals surface area contributed by atoms with Gasteiger partial charge in [0.05, 0.1) is 10.9 Å². The van der Waals surface area contributed by atoms with Crippen LogP contribution in [-0.2, 0) is 4.79 Å². The van der Waals surface area contributed by atoms with E-state index in [9.17, 15) is 4.79 Å². The summed E-state index contributed by atoms with van der Waals surface area (Å²) in [4.78, 5) is 18.4. The van der Waals surface area contributed by atoms with E-state index in [1.807, 2.05) is 6.07 Å². The molecule has 1 aliphatic heterocycles. The van der Waals surface area contributed by atoms with Crippen LogP contribution in [-0.4, -0.2) is 30.0 Å². The van der Waals surface area contributed by atoms with Gasteiger partial charge in [0, 0.05) is 29.8 Å². The number of rotatable bonds is 3. The van der Waals surface area contributed by atoms with Gasteiger partial charge in [0.2, 0.25) is 5.91 Å². The second kappa shape index (κ2) is 5.29. The summed E-state index contributed by atoms with van der Waals surface area (Å²) in [5, 5.41) is 3.69. The summed E-state index contributed by atoms with van der Waals surface area (Å²) in [6, 6.07) is 2.26. The Morgan fingerprint density at radius 2 is 2.26 bits per heavy atom. The molecule has 0 bridgehead atoms. The smallest absolute Gasteiger partial charge is 0.225 e. The molecule has 0 aromatic carbocycles. The van der Waals surface area contributed by atoms with Gasteiger partial charge in [-0.1, -0.05) is 11.6 Å². The Bertz CT molecular complexity index is 507. The van der Waals surface area contributed by atoms with Gasteiger partial charge >= 0.3 is 0 Å². The van der Waals surface area contributed by atoms with Crippen LogP contribution in [0.15, 0.2) is 16.7 Å². The zero-order valence-electron chi connectivity index (χ0n) is 10.4. The predicted molar refractivity (Wildman–Crippen MR) is 78.4 cm³/mol. The lowest BCUT2D eigenvalue weighted by Gasteiger charge is -2.18. The van der Waals surface area contributed by atoms with Crippen LogP contribution in [0.25, 0.3) is 0 Å². The van der Waals surface area contributed by atoms with Gasteiger partial charge in [-0.05, 0) is 41.3 Å². The van der Waals surface area contributed by atoms with E-state index in [0.717, 1.165) is 36.1 Å². The van der Waals surface area contributed by atoms with Crippen molar-refractivity contribution in [2.24, 2.45) is 5.92 Å². The Labute approximate surface area is 125 Å². The topological polar surface area (TPSA) is 45.2 Å². The molecule has 1 unspecified atom stereocenters. The number of hydrogen-bond acceptors (Lipinski definition) is 3. The molecule has 0 radical (unpaired) electrons. The number of aromatic nitrogens is 1. The molecule has 1 aromatic rings. The molecule has 1 atom stereocenters. The maximum atomic E-state index is 12.0. The van der Waals surface area contributed by atoms with E-state index in [1.54, 1.807) is 6.20 Å². The molecule has 1 aliphatic carbocycles. The standard InChI is InChI=1S/C13H15BrClN3O/c14-9-5-11(15)12(16-6-9)18-4-3-8(7-18)13(19)17-10-1-2-10/h5-6,8,10H,1-4,7H2,(H,17,19). The number of nitrogens with one attached hydrogen (secondary N) is 1. The second-order valence-corrected chi connectivity index (χ2v) is 6.50. The first kappa shape index (κ1) is 13.2. The average Bonchev–Trinajstić information content (AvgIpc) is 3.04. The van der Waals surface area contributed by atoms with Crippen molar-refractivity contribution < 1.29 is 4.79 Å². The third-order valence-corrected chi connectivity index (χ3v) is 4.28. The third-order valence-electron chi connectivity index (χ3n) is 3.57. The van der Waals surface area contributed by atoms with E-state index in [-0.39, 0.29) is 11.8 Å². The van der Waals surface area contributed by atoms with Crippen molar-refractivity contribution in [3.8, 4) is 0 Å². The molecule has 3 rings (SSSR count). The number of nitrogens with zero attached hydrogens (tertiary/aromatic N) is 2. The number of anilines is 1. The van der Waals surface area contributed by atoms with Gasteiger partial charge < -0.3 is 10.2 Å². The van der Waals surface area contributed by atoms with E-state index in [1.165, 1.54) is 0 Å². The summed E-state index contributed by atoms with van der Waals surface area (Å²) in [6.45, 7) is 1.53. The van der Waals surface area contributed by atoms with Crippen LogP contribution in [0.5, 0.6) is 0 Å². The van der Waals surface area contributed by atoms with Crippen LogP contribution in [0, 0.1) is 5.92 Å². The first-order valence-corrected chi connectivity index (χ1v) is 7.67. The molecular formula is C13H15BrClN3O. The molecule has 1 saturated carbocycles. The molecular weight excluding hydrogens is 330 g/mol. The minimum atomic E-state index is 0.0575. The molecule has 19 heavy (non-hydrogen) atoms. The SMILES string of the molecule is O=C(NC1CC1)C1CCN(c2ncc(Br)cc2Cl)C1. The molecule has 1 amide bonds. The Morgan fingerprint density at radius 1 is 1.47 bits per heavy atom. The predicted octanol–water partition coefficient (Wildman–Crippen LogP) is 2.60. The first-order chi connectivity index (χ1) is 9.13. The lowest BCUT2D eigenvalue weighted by molar-refractivity contribution is -0.124. The first-order valence-electron chi connectivity index (χ1n) is 6.50. The number of halogens is 2. The van der Waals surface area contributed by atoms with Crippen LogP contribution in [0.2, 0.25) is 5.02 Å². The van der Waals surface area contributed by atoms with Gasteiger partial charge in [-0.2, -0.15) is 0 Å². The number of pyridine rings is 1. The lowest BCUT2D eigenvalue weighted by atomic mass is 10.1. The second-order valence-electron chi connectivity index (χ2n) is 5.17. The van der Waals surface area contributed by atoms with Crippen LogP contribution in [0.1, 0.15) is 19.3 Å². The molecule has 102 valence electrons. The summed E-state index contributed by atoms with van der Waals surface area (Å²) in [5.74, 6) is 1.01.